The lowest BCUT2D eigenvalue weighted by Crippen LogP contribution is -2.20. The minimum atomic E-state index is -4.44. The topological polar surface area (TPSA) is 92.9 Å². The number of carboxylic acid groups (broad SMARTS) is 1. The smallest absolute Gasteiger partial charge is 0.416 e. The summed E-state index contributed by atoms with van der Waals surface area (Å²) in [4.78, 5) is 25.2. The highest BCUT2D eigenvalue weighted by Crippen LogP contribution is 2.36. The summed E-state index contributed by atoms with van der Waals surface area (Å²) in [5.74, 6) is -0.354. The number of nitrogens with zero attached hydrogens (tertiary/aromatic N) is 4. The SMILES string of the molecule is CC(Nc1nc(C(=O)O)nc2nc(-c3ccc4ccccc4c3)n(Cc3ccc(C(F)(F)F)cc3)c12)C1CC1. The number of imidazole rings is 1. The van der Waals surface area contributed by atoms with Crippen LogP contribution in [0.15, 0.2) is 66.7 Å². The van der Waals surface area contributed by atoms with Gasteiger partial charge in [-0.1, -0.05) is 48.5 Å². The molecule has 0 bridgehead atoms. The second-order valence-electron chi connectivity index (χ2n) is 9.92. The number of carbonyl (C=O) groups is 1. The summed E-state index contributed by atoms with van der Waals surface area (Å²) in [6, 6.07) is 18.7. The predicted molar refractivity (Wildman–Crippen MR) is 142 cm³/mol. The summed E-state index contributed by atoms with van der Waals surface area (Å²) >= 11 is 0. The second kappa shape index (κ2) is 9.37. The van der Waals surface area contributed by atoms with E-state index >= 15 is 0 Å². The van der Waals surface area contributed by atoms with Crippen LogP contribution in [0.2, 0.25) is 0 Å². The number of alkyl halides is 3. The fraction of sp³-hybridized carbons (Fsp3) is 0.241. The molecule has 2 aromatic heterocycles. The number of aromatic carboxylic acids is 1. The van der Waals surface area contributed by atoms with Gasteiger partial charge in [-0.25, -0.2) is 19.7 Å². The van der Waals surface area contributed by atoms with Crippen molar-refractivity contribution < 1.29 is 23.1 Å². The highest BCUT2D eigenvalue weighted by molar-refractivity contribution is 5.93. The first-order valence-electron chi connectivity index (χ1n) is 12.6. The number of benzene rings is 3. The predicted octanol–water partition coefficient (Wildman–Crippen LogP) is 6.62. The molecule has 2 heterocycles. The highest BCUT2D eigenvalue weighted by atomic mass is 19.4. The number of nitrogens with one attached hydrogen (secondary N) is 1. The van der Waals surface area contributed by atoms with Crippen molar-refractivity contribution in [3.05, 3.63) is 83.7 Å². The Hall–Kier alpha value is -4.47. The summed E-state index contributed by atoms with van der Waals surface area (Å²) in [5, 5.41) is 15.1. The number of hydrogen-bond donors (Lipinski definition) is 2. The Morgan fingerprint density at radius 3 is 2.41 bits per heavy atom. The maximum atomic E-state index is 13.2. The molecule has 3 aromatic carbocycles. The van der Waals surface area contributed by atoms with Gasteiger partial charge in [-0.05, 0) is 60.2 Å². The van der Waals surface area contributed by atoms with Crippen LogP contribution in [0.25, 0.3) is 33.3 Å². The largest absolute Gasteiger partial charge is 0.475 e. The van der Waals surface area contributed by atoms with Gasteiger partial charge in [0.15, 0.2) is 11.5 Å². The van der Waals surface area contributed by atoms with Crippen LogP contribution < -0.4 is 5.32 Å². The molecule has 1 atom stereocenters. The zero-order valence-corrected chi connectivity index (χ0v) is 20.9. The van der Waals surface area contributed by atoms with E-state index in [0.717, 1.165) is 41.3 Å². The van der Waals surface area contributed by atoms with Crippen LogP contribution in [0.5, 0.6) is 0 Å². The van der Waals surface area contributed by atoms with Gasteiger partial charge in [0.25, 0.3) is 0 Å². The molecule has 0 spiro atoms. The van der Waals surface area contributed by atoms with E-state index in [1.165, 1.54) is 12.1 Å². The maximum Gasteiger partial charge on any atom is 0.416 e. The molecule has 0 saturated heterocycles. The van der Waals surface area contributed by atoms with Gasteiger partial charge in [0.05, 0.1) is 5.56 Å². The van der Waals surface area contributed by atoms with Crippen molar-refractivity contribution in [1.29, 1.82) is 0 Å². The molecule has 0 radical (unpaired) electrons. The number of halogens is 3. The van der Waals surface area contributed by atoms with Crippen molar-refractivity contribution in [2.24, 2.45) is 5.92 Å². The number of fused-ring (bicyclic) bond motifs is 2. The van der Waals surface area contributed by atoms with Crippen LogP contribution in [0.1, 0.15) is 41.5 Å². The van der Waals surface area contributed by atoms with E-state index in [-0.39, 0.29) is 24.1 Å². The van der Waals surface area contributed by atoms with Crippen molar-refractivity contribution in [2.75, 3.05) is 5.32 Å². The minimum absolute atomic E-state index is 0.0447. The fourth-order valence-electron chi connectivity index (χ4n) is 4.85. The Morgan fingerprint density at radius 2 is 1.74 bits per heavy atom. The minimum Gasteiger partial charge on any atom is -0.475 e. The molecule has 1 fully saturated rings. The first-order chi connectivity index (χ1) is 18.7. The Balaban J connectivity index is 1.55. The lowest BCUT2D eigenvalue weighted by Gasteiger charge is -2.17. The number of aromatic nitrogens is 4. The van der Waals surface area contributed by atoms with Gasteiger partial charge in [0.1, 0.15) is 11.3 Å². The average molecular weight is 532 g/mol. The van der Waals surface area contributed by atoms with Crippen LogP contribution >= 0.6 is 0 Å². The van der Waals surface area contributed by atoms with E-state index in [1.54, 1.807) is 0 Å². The van der Waals surface area contributed by atoms with Gasteiger partial charge < -0.3 is 15.0 Å². The standard InChI is InChI=1S/C29H24F3N5O2/c1-16(18-8-9-18)33-24-23-25(35-26(34-24)28(38)39)36-27(21-11-10-19-4-2-3-5-20(19)14-21)37(23)15-17-6-12-22(13-7-17)29(30,31)32/h2-7,10-14,16,18H,8-9,15H2,1H3,(H,38,39)(H,33,34,35). The summed E-state index contributed by atoms with van der Waals surface area (Å²) in [6.45, 7) is 2.20. The number of anilines is 1. The quantitative estimate of drug-likeness (QED) is 0.245. The number of carboxylic acids is 1. The third kappa shape index (κ3) is 4.89. The summed E-state index contributed by atoms with van der Waals surface area (Å²) in [6.07, 6.45) is -2.30. The summed E-state index contributed by atoms with van der Waals surface area (Å²) < 4.78 is 41.4. The molecule has 10 heteroatoms. The van der Waals surface area contributed by atoms with E-state index in [2.05, 4.69) is 15.3 Å². The number of rotatable bonds is 7. The summed E-state index contributed by atoms with van der Waals surface area (Å²) in [5.41, 5.74) is 1.34. The van der Waals surface area contributed by atoms with Crippen LogP contribution in [0.3, 0.4) is 0 Å². The van der Waals surface area contributed by atoms with Crippen LogP contribution in [0, 0.1) is 5.92 Å². The van der Waals surface area contributed by atoms with Crippen molar-refractivity contribution in [3.8, 4) is 11.4 Å². The molecule has 2 N–H and O–H groups in total. The van der Waals surface area contributed by atoms with Crippen molar-refractivity contribution in [2.45, 2.75) is 38.5 Å². The Morgan fingerprint density at radius 1 is 1.03 bits per heavy atom. The fourth-order valence-corrected chi connectivity index (χ4v) is 4.85. The van der Waals surface area contributed by atoms with Gasteiger partial charge >= 0.3 is 12.1 Å². The van der Waals surface area contributed by atoms with Gasteiger partial charge in [-0.15, -0.1) is 0 Å². The third-order valence-electron chi connectivity index (χ3n) is 7.12. The lowest BCUT2D eigenvalue weighted by molar-refractivity contribution is -0.137. The Bertz CT molecular complexity index is 1710. The molecule has 1 aliphatic rings. The molecule has 39 heavy (non-hydrogen) atoms. The third-order valence-corrected chi connectivity index (χ3v) is 7.12. The van der Waals surface area contributed by atoms with E-state index in [0.29, 0.717) is 28.6 Å². The first-order valence-corrected chi connectivity index (χ1v) is 12.6. The first kappa shape index (κ1) is 24.8. The van der Waals surface area contributed by atoms with Crippen LogP contribution in [-0.4, -0.2) is 36.6 Å². The average Bonchev–Trinajstić information content (AvgIpc) is 3.70. The lowest BCUT2D eigenvalue weighted by atomic mass is 10.1. The number of hydrogen-bond acceptors (Lipinski definition) is 5. The highest BCUT2D eigenvalue weighted by Gasteiger charge is 2.31. The van der Waals surface area contributed by atoms with E-state index in [1.807, 2.05) is 54.0 Å². The van der Waals surface area contributed by atoms with Crippen molar-refractivity contribution in [1.82, 2.24) is 19.5 Å². The normalized spacial score (nSPS) is 14.6. The maximum absolute atomic E-state index is 13.2. The van der Waals surface area contributed by atoms with Crippen molar-refractivity contribution in [3.63, 3.8) is 0 Å². The van der Waals surface area contributed by atoms with Gasteiger partial charge in [-0.3, -0.25) is 0 Å². The van der Waals surface area contributed by atoms with E-state index in [9.17, 15) is 23.1 Å². The van der Waals surface area contributed by atoms with Crippen LogP contribution in [0.4, 0.5) is 19.0 Å². The van der Waals surface area contributed by atoms with Crippen molar-refractivity contribution >= 4 is 33.7 Å². The molecule has 1 unspecified atom stereocenters. The zero-order valence-electron chi connectivity index (χ0n) is 20.9. The molecule has 0 aliphatic heterocycles. The van der Waals surface area contributed by atoms with Gasteiger partial charge in [-0.2, -0.15) is 13.2 Å². The Labute approximate surface area is 221 Å². The van der Waals surface area contributed by atoms with Gasteiger partial charge in [0.2, 0.25) is 5.82 Å². The zero-order chi connectivity index (χ0) is 27.3. The molecule has 1 aliphatic carbocycles. The van der Waals surface area contributed by atoms with E-state index < -0.39 is 17.7 Å². The summed E-state index contributed by atoms with van der Waals surface area (Å²) in [7, 11) is 0. The van der Waals surface area contributed by atoms with E-state index in [4.69, 9.17) is 4.98 Å². The molecular formula is C29H24F3N5O2. The second-order valence-corrected chi connectivity index (χ2v) is 9.92. The molecule has 0 amide bonds. The van der Waals surface area contributed by atoms with Crippen LogP contribution in [-0.2, 0) is 12.7 Å². The Kier molecular flexibility index (Phi) is 5.97. The molecule has 1 saturated carbocycles. The molecule has 6 rings (SSSR count). The van der Waals surface area contributed by atoms with Gasteiger partial charge in [0, 0.05) is 18.2 Å². The molecule has 7 nitrogen and oxygen atoms in total. The molecule has 5 aromatic rings. The monoisotopic (exact) mass is 531 g/mol. The molecular weight excluding hydrogens is 507 g/mol. The molecule has 198 valence electrons.